The first kappa shape index (κ1) is 16.9. The lowest BCUT2D eigenvalue weighted by molar-refractivity contribution is -0.123. The van der Waals surface area contributed by atoms with Crippen LogP contribution in [0.2, 0.25) is 5.02 Å². The van der Waals surface area contributed by atoms with Crippen molar-refractivity contribution in [2.75, 3.05) is 6.61 Å². The third-order valence-electron chi connectivity index (χ3n) is 3.37. The molecule has 3 rings (SSSR count). The summed E-state index contributed by atoms with van der Waals surface area (Å²) in [7, 11) is 0. The Morgan fingerprint density at radius 1 is 1.24 bits per heavy atom. The standard InChI is InChI=1S/C17H16ClN5O2/c1-12(10-23-15-8-4-3-7-14(15)20-22-23)19-21-17(24)11-25-16-9-5-2-6-13(16)18/h2-9H,10-11H2,1H3,(H,21,24)/b19-12-. The van der Waals surface area contributed by atoms with Crippen LogP contribution in [0.4, 0.5) is 0 Å². The van der Waals surface area contributed by atoms with Crippen molar-refractivity contribution in [3.63, 3.8) is 0 Å². The van der Waals surface area contributed by atoms with Crippen molar-refractivity contribution in [2.24, 2.45) is 5.10 Å². The Morgan fingerprint density at radius 3 is 2.84 bits per heavy atom. The van der Waals surface area contributed by atoms with Crippen LogP contribution in [-0.2, 0) is 11.3 Å². The Hall–Kier alpha value is -2.93. The number of hydrogen-bond donors (Lipinski definition) is 1. The number of hydrazone groups is 1. The number of halogens is 1. The molecule has 0 spiro atoms. The number of fused-ring (bicyclic) bond motifs is 1. The number of ether oxygens (including phenoxy) is 1. The van der Waals surface area contributed by atoms with Crippen LogP contribution in [0, 0.1) is 0 Å². The van der Waals surface area contributed by atoms with Gasteiger partial charge in [0.25, 0.3) is 5.91 Å². The van der Waals surface area contributed by atoms with E-state index in [1.165, 1.54) is 0 Å². The van der Waals surface area contributed by atoms with E-state index in [4.69, 9.17) is 16.3 Å². The second kappa shape index (κ2) is 7.76. The summed E-state index contributed by atoms with van der Waals surface area (Å²) in [6.07, 6.45) is 0. The molecule has 0 aliphatic carbocycles. The van der Waals surface area contributed by atoms with E-state index in [0.717, 1.165) is 11.0 Å². The van der Waals surface area contributed by atoms with Gasteiger partial charge in [0, 0.05) is 0 Å². The number of hydrogen-bond acceptors (Lipinski definition) is 5. The molecular formula is C17H16ClN5O2. The molecule has 0 aliphatic rings. The van der Waals surface area contributed by atoms with Gasteiger partial charge in [-0.25, -0.2) is 10.1 Å². The number of nitrogens with one attached hydrogen (secondary N) is 1. The van der Waals surface area contributed by atoms with E-state index < -0.39 is 0 Å². The molecule has 0 fully saturated rings. The highest BCUT2D eigenvalue weighted by molar-refractivity contribution is 6.32. The number of amides is 1. The van der Waals surface area contributed by atoms with E-state index in [1.54, 1.807) is 35.9 Å². The summed E-state index contributed by atoms with van der Waals surface area (Å²) in [6, 6.07) is 14.6. The highest BCUT2D eigenvalue weighted by Gasteiger charge is 2.06. The van der Waals surface area contributed by atoms with Gasteiger partial charge in [0.1, 0.15) is 11.3 Å². The van der Waals surface area contributed by atoms with Gasteiger partial charge in [-0.3, -0.25) is 4.79 Å². The van der Waals surface area contributed by atoms with E-state index >= 15 is 0 Å². The Labute approximate surface area is 149 Å². The molecule has 128 valence electrons. The van der Waals surface area contributed by atoms with Crippen molar-refractivity contribution in [1.82, 2.24) is 20.4 Å². The van der Waals surface area contributed by atoms with Crippen LogP contribution in [0.15, 0.2) is 53.6 Å². The zero-order chi connectivity index (χ0) is 17.6. The average molecular weight is 358 g/mol. The minimum atomic E-state index is -0.372. The second-order valence-corrected chi connectivity index (χ2v) is 5.74. The van der Waals surface area contributed by atoms with Gasteiger partial charge in [-0.2, -0.15) is 5.10 Å². The minimum absolute atomic E-state index is 0.174. The van der Waals surface area contributed by atoms with E-state index in [2.05, 4.69) is 20.8 Å². The third-order valence-corrected chi connectivity index (χ3v) is 3.68. The number of benzene rings is 2. The fourth-order valence-corrected chi connectivity index (χ4v) is 2.37. The van der Waals surface area contributed by atoms with E-state index in [-0.39, 0.29) is 12.5 Å². The molecule has 1 amide bonds. The van der Waals surface area contributed by atoms with Crippen LogP contribution >= 0.6 is 11.6 Å². The SMILES string of the molecule is C/C(Cn1nnc2ccccc21)=N/NC(=O)COc1ccccc1Cl. The molecule has 3 aromatic rings. The van der Waals surface area contributed by atoms with Crippen molar-refractivity contribution < 1.29 is 9.53 Å². The quantitative estimate of drug-likeness (QED) is 0.543. The van der Waals surface area contributed by atoms with Crippen LogP contribution in [0.1, 0.15) is 6.92 Å². The molecule has 8 heteroatoms. The lowest BCUT2D eigenvalue weighted by atomic mass is 10.3. The molecule has 25 heavy (non-hydrogen) atoms. The number of aromatic nitrogens is 3. The summed E-state index contributed by atoms with van der Waals surface area (Å²) in [6.45, 7) is 2.05. The Bertz CT molecular complexity index is 922. The Kier molecular flexibility index (Phi) is 5.25. The fraction of sp³-hybridized carbons (Fsp3) is 0.176. The van der Waals surface area contributed by atoms with E-state index in [1.807, 2.05) is 24.3 Å². The van der Waals surface area contributed by atoms with Gasteiger partial charge >= 0.3 is 0 Å². The Morgan fingerprint density at radius 2 is 2.00 bits per heavy atom. The molecule has 0 unspecified atom stereocenters. The zero-order valence-corrected chi connectivity index (χ0v) is 14.3. The number of carbonyl (C=O) groups excluding carboxylic acids is 1. The molecule has 1 heterocycles. The first-order chi connectivity index (χ1) is 12.1. The van der Waals surface area contributed by atoms with Crippen molar-refractivity contribution in [1.29, 1.82) is 0 Å². The molecule has 1 N–H and O–H groups in total. The minimum Gasteiger partial charge on any atom is -0.482 e. The predicted molar refractivity (Wildman–Crippen MR) is 95.7 cm³/mol. The van der Waals surface area contributed by atoms with Gasteiger partial charge in [-0.15, -0.1) is 5.10 Å². The first-order valence-electron chi connectivity index (χ1n) is 7.61. The molecule has 0 saturated carbocycles. The number of rotatable bonds is 6. The van der Waals surface area contributed by atoms with Crippen LogP contribution < -0.4 is 10.2 Å². The topological polar surface area (TPSA) is 81.4 Å². The predicted octanol–water partition coefficient (Wildman–Crippen LogP) is 2.66. The van der Waals surface area contributed by atoms with E-state index in [9.17, 15) is 4.79 Å². The van der Waals surface area contributed by atoms with Crippen LogP contribution in [0.5, 0.6) is 5.75 Å². The smallest absolute Gasteiger partial charge is 0.277 e. The first-order valence-corrected chi connectivity index (χ1v) is 7.99. The zero-order valence-electron chi connectivity index (χ0n) is 13.5. The highest BCUT2D eigenvalue weighted by Crippen LogP contribution is 2.22. The normalized spacial score (nSPS) is 11.5. The van der Waals surface area contributed by atoms with Gasteiger partial charge in [0.2, 0.25) is 0 Å². The van der Waals surface area contributed by atoms with Gasteiger partial charge in [-0.05, 0) is 31.2 Å². The average Bonchev–Trinajstić information content (AvgIpc) is 3.02. The lowest BCUT2D eigenvalue weighted by Crippen LogP contribution is -2.26. The van der Waals surface area contributed by atoms with Crippen LogP contribution in [-0.4, -0.2) is 33.2 Å². The lowest BCUT2D eigenvalue weighted by Gasteiger charge is -2.07. The van der Waals surface area contributed by atoms with Crippen molar-refractivity contribution >= 4 is 34.3 Å². The molecular weight excluding hydrogens is 342 g/mol. The fourth-order valence-electron chi connectivity index (χ4n) is 2.18. The monoisotopic (exact) mass is 357 g/mol. The van der Waals surface area contributed by atoms with Gasteiger partial charge in [0.15, 0.2) is 6.61 Å². The number of carbonyl (C=O) groups is 1. The maximum atomic E-state index is 11.8. The van der Waals surface area contributed by atoms with Crippen molar-refractivity contribution in [3.8, 4) is 5.75 Å². The van der Waals surface area contributed by atoms with Crippen molar-refractivity contribution in [2.45, 2.75) is 13.5 Å². The van der Waals surface area contributed by atoms with Crippen LogP contribution in [0.25, 0.3) is 11.0 Å². The van der Waals surface area contributed by atoms with E-state index in [0.29, 0.717) is 23.0 Å². The summed E-state index contributed by atoms with van der Waals surface area (Å²) in [5.74, 6) is 0.0804. The summed E-state index contributed by atoms with van der Waals surface area (Å²) >= 11 is 5.96. The maximum Gasteiger partial charge on any atom is 0.277 e. The molecule has 0 saturated heterocycles. The number of nitrogens with zero attached hydrogens (tertiary/aromatic N) is 4. The molecule has 7 nitrogen and oxygen atoms in total. The third kappa shape index (κ3) is 4.33. The summed E-state index contributed by atoms with van der Waals surface area (Å²) in [5, 5.41) is 12.7. The molecule has 0 radical (unpaired) electrons. The molecule has 0 bridgehead atoms. The molecule has 2 aromatic carbocycles. The summed E-state index contributed by atoms with van der Waals surface area (Å²) in [5.41, 5.74) is 4.85. The number of para-hydroxylation sites is 2. The van der Waals surface area contributed by atoms with Crippen LogP contribution in [0.3, 0.4) is 0 Å². The van der Waals surface area contributed by atoms with Gasteiger partial charge < -0.3 is 4.74 Å². The van der Waals surface area contributed by atoms with Gasteiger partial charge in [-0.1, -0.05) is 41.1 Å². The maximum absolute atomic E-state index is 11.8. The summed E-state index contributed by atoms with van der Waals surface area (Å²) in [4.78, 5) is 11.8. The molecule has 0 aliphatic heterocycles. The van der Waals surface area contributed by atoms with Crippen molar-refractivity contribution in [3.05, 3.63) is 53.6 Å². The molecule has 0 atom stereocenters. The highest BCUT2D eigenvalue weighted by atomic mass is 35.5. The summed E-state index contributed by atoms with van der Waals surface area (Å²) < 4.78 is 7.08. The largest absolute Gasteiger partial charge is 0.482 e. The van der Waals surface area contributed by atoms with Gasteiger partial charge in [0.05, 0.1) is 22.8 Å². The molecule has 1 aromatic heterocycles. The Balaban J connectivity index is 1.54. The second-order valence-electron chi connectivity index (χ2n) is 5.34.